The summed E-state index contributed by atoms with van der Waals surface area (Å²) in [6.45, 7) is 3.16. The monoisotopic (exact) mass is 289 g/mol. The quantitative estimate of drug-likeness (QED) is 0.801. The maximum Gasteiger partial charge on any atom is 0.208 e. The minimum absolute atomic E-state index is 0.658. The molecule has 2 heterocycles. The van der Waals surface area contributed by atoms with Crippen LogP contribution in [0.5, 0.6) is 0 Å². The Morgan fingerprint density at radius 3 is 3.00 bits per heavy atom. The zero-order valence-electron chi connectivity index (χ0n) is 8.95. The van der Waals surface area contributed by atoms with Gasteiger partial charge in [0.25, 0.3) is 0 Å². The van der Waals surface area contributed by atoms with E-state index in [1.54, 1.807) is 11.3 Å². The van der Waals surface area contributed by atoms with Crippen LogP contribution in [0.4, 0.5) is 5.13 Å². The Kier molecular flexibility index (Phi) is 3.97. The lowest BCUT2D eigenvalue weighted by Gasteiger charge is -2.34. The number of hydrogen-bond donors (Lipinski definition) is 0. The van der Waals surface area contributed by atoms with Crippen molar-refractivity contribution < 1.29 is 0 Å². The number of alkyl halides is 1. The van der Waals surface area contributed by atoms with Crippen molar-refractivity contribution in [3.05, 3.63) is 5.01 Å². The summed E-state index contributed by atoms with van der Waals surface area (Å²) in [6, 6.07) is 0.658. The molecule has 15 heavy (non-hydrogen) atoms. The van der Waals surface area contributed by atoms with E-state index in [2.05, 4.69) is 31.0 Å². The van der Waals surface area contributed by atoms with Crippen LogP contribution in [0.3, 0.4) is 0 Å². The van der Waals surface area contributed by atoms with E-state index in [1.165, 1.54) is 25.7 Å². The molecule has 1 atom stereocenters. The number of piperidine rings is 1. The van der Waals surface area contributed by atoms with E-state index < -0.39 is 0 Å². The molecule has 1 aliphatic rings. The Balaban J connectivity index is 2.10. The second-order valence-electron chi connectivity index (χ2n) is 3.92. The number of hydrogen-bond acceptors (Lipinski definition) is 4. The Morgan fingerprint density at radius 2 is 2.33 bits per heavy atom. The molecule has 1 aromatic rings. The van der Waals surface area contributed by atoms with Crippen LogP contribution in [0.25, 0.3) is 0 Å². The minimum atomic E-state index is 0.658. The van der Waals surface area contributed by atoms with Crippen LogP contribution in [-0.4, -0.2) is 28.1 Å². The van der Waals surface area contributed by atoms with Gasteiger partial charge in [-0.15, -0.1) is 10.2 Å². The lowest BCUT2D eigenvalue weighted by atomic mass is 10.0. The van der Waals surface area contributed by atoms with Crippen molar-refractivity contribution in [2.45, 2.75) is 38.6 Å². The fourth-order valence-corrected chi connectivity index (χ4v) is 3.39. The third-order valence-corrected chi connectivity index (χ3v) is 4.16. The Labute approximate surface area is 103 Å². The van der Waals surface area contributed by atoms with Crippen LogP contribution in [0.2, 0.25) is 0 Å². The van der Waals surface area contributed by atoms with Gasteiger partial charge in [0.15, 0.2) is 0 Å². The summed E-state index contributed by atoms with van der Waals surface area (Å²) in [6.07, 6.45) is 5.15. The van der Waals surface area contributed by atoms with Crippen molar-refractivity contribution in [2.75, 3.05) is 16.8 Å². The first-order valence-corrected chi connectivity index (χ1v) is 7.38. The van der Waals surface area contributed by atoms with E-state index in [0.29, 0.717) is 6.04 Å². The third-order valence-electron chi connectivity index (χ3n) is 2.83. The summed E-state index contributed by atoms with van der Waals surface area (Å²) >= 11 is 5.24. The first kappa shape index (κ1) is 11.3. The van der Waals surface area contributed by atoms with E-state index in [9.17, 15) is 0 Å². The van der Waals surface area contributed by atoms with Gasteiger partial charge in [-0.1, -0.05) is 27.3 Å². The number of halogens is 1. The van der Waals surface area contributed by atoms with Crippen LogP contribution < -0.4 is 4.90 Å². The first-order chi connectivity index (χ1) is 7.31. The fourth-order valence-electron chi connectivity index (χ4n) is 2.08. The summed E-state index contributed by atoms with van der Waals surface area (Å²) in [5, 5.41) is 11.6. The zero-order chi connectivity index (χ0) is 10.7. The second kappa shape index (κ2) is 5.25. The summed E-state index contributed by atoms with van der Waals surface area (Å²) < 4.78 is 0. The molecule has 2 rings (SSSR count). The van der Waals surface area contributed by atoms with Crippen molar-refractivity contribution >= 4 is 32.4 Å². The molecule has 0 N–H and O–H groups in total. The number of anilines is 1. The Hall–Kier alpha value is -0.160. The van der Waals surface area contributed by atoms with Crippen molar-refractivity contribution in [1.82, 2.24) is 10.2 Å². The topological polar surface area (TPSA) is 29.0 Å². The van der Waals surface area contributed by atoms with Gasteiger partial charge in [0, 0.05) is 17.9 Å². The Bertz CT molecular complexity index is 313. The molecule has 0 saturated carbocycles. The van der Waals surface area contributed by atoms with Gasteiger partial charge in [-0.2, -0.15) is 0 Å². The predicted molar refractivity (Wildman–Crippen MR) is 68.0 cm³/mol. The highest BCUT2D eigenvalue weighted by Crippen LogP contribution is 2.28. The van der Waals surface area contributed by atoms with E-state index >= 15 is 0 Å². The lowest BCUT2D eigenvalue weighted by Crippen LogP contribution is -2.39. The molecule has 3 nitrogen and oxygen atoms in total. The van der Waals surface area contributed by atoms with Gasteiger partial charge in [-0.05, 0) is 32.6 Å². The van der Waals surface area contributed by atoms with Gasteiger partial charge in [-0.25, -0.2) is 0 Å². The van der Waals surface area contributed by atoms with Crippen LogP contribution in [0.15, 0.2) is 0 Å². The van der Waals surface area contributed by atoms with Gasteiger partial charge >= 0.3 is 0 Å². The molecule has 0 radical (unpaired) electrons. The maximum absolute atomic E-state index is 4.25. The lowest BCUT2D eigenvalue weighted by molar-refractivity contribution is 0.451. The van der Waals surface area contributed by atoms with Crippen LogP contribution in [-0.2, 0) is 0 Å². The summed E-state index contributed by atoms with van der Waals surface area (Å²) in [4.78, 5) is 2.44. The molecule has 0 amide bonds. The van der Waals surface area contributed by atoms with Crippen LogP contribution in [0, 0.1) is 6.92 Å². The van der Waals surface area contributed by atoms with Gasteiger partial charge < -0.3 is 4.90 Å². The molecule has 1 aliphatic heterocycles. The normalized spacial score (nSPS) is 22.0. The minimum Gasteiger partial charge on any atom is -0.344 e. The molecule has 0 aliphatic carbocycles. The summed E-state index contributed by atoms with van der Waals surface area (Å²) in [5.41, 5.74) is 0. The van der Waals surface area contributed by atoms with Crippen molar-refractivity contribution in [2.24, 2.45) is 0 Å². The summed E-state index contributed by atoms with van der Waals surface area (Å²) in [5.74, 6) is 0. The van der Waals surface area contributed by atoms with Crippen LogP contribution >= 0.6 is 27.3 Å². The highest BCUT2D eigenvalue weighted by atomic mass is 79.9. The predicted octanol–water partition coefficient (Wildman–Crippen LogP) is 2.99. The van der Waals surface area contributed by atoms with E-state index in [1.807, 2.05) is 6.92 Å². The second-order valence-corrected chi connectivity index (χ2v) is 5.88. The van der Waals surface area contributed by atoms with Gasteiger partial charge in [-0.3, -0.25) is 0 Å². The fraction of sp³-hybridized carbons (Fsp3) is 0.800. The van der Waals surface area contributed by atoms with E-state index in [0.717, 1.165) is 22.0 Å². The highest BCUT2D eigenvalue weighted by molar-refractivity contribution is 9.09. The van der Waals surface area contributed by atoms with Gasteiger partial charge in [0.05, 0.1) is 0 Å². The van der Waals surface area contributed by atoms with E-state index in [4.69, 9.17) is 0 Å². The molecule has 1 aromatic heterocycles. The molecule has 0 bridgehead atoms. The molecule has 0 aromatic carbocycles. The number of aryl methyl sites for hydroxylation is 1. The highest BCUT2D eigenvalue weighted by Gasteiger charge is 2.24. The van der Waals surface area contributed by atoms with E-state index in [-0.39, 0.29) is 0 Å². The molecule has 1 fully saturated rings. The average Bonchev–Trinajstić information content (AvgIpc) is 2.66. The molecule has 0 spiro atoms. The SMILES string of the molecule is Cc1nnc(N2CCCCC2CCBr)s1. The third kappa shape index (κ3) is 2.69. The van der Waals surface area contributed by atoms with Crippen molar-refractivity contribution in [3.8, 4) is 0 Å². The standard InChI is InChI=1S/C10H16BrN3S/c1-8-12-13-10(15-8)14-7-3-2-4-9(14)5-6-11/h9H,2-7H2,1H3. The first-order valence-electron chi connectivity index (χ1n) is 5.44. The maximum atomic E-state index is 4.25. The largest absolute Gasteiger partial charge is 0.344 e. The van der Waals surface area contributed by atoms with Crippen LogP contribution in [0.1, 0.15) is 30.7 Å². The molecule has 1 unspecified atom stereocenters. The number of rotatable bonds is 3. The molecular formula is C10H16BrN3S. The molecule has 84 valence electrons. The Morgan fingerprint density at radius 1 is 1.47 bits per heavy atom. The smallest absolute Gasteiger partial charge is 0.208 e. The van der Waals surface area contributed by atoms with Crippen molar-refractivity contribution in [3.63, 3.8) is 0 Å². The number of aromatic nitrogens is 2. The van der Waals surface area contributed by atoms with Crippen molar-refractivity contribution in [1.29, 1.82) is 0 Å². The van der Waals surface area contributed by atoms with Gasteiger partial charge in [0.1, 0.15) is 5.01 Å². The molecule has 1 saturated heterocycles. The number of nitrogens with zero attached hydrogens (tertiary/aromatic N) is 3. The zero-order valence-corrected chi connectivity index (χ0v) is 11.4. The summed E-state index contributed by atoms with van der Waals surface area (Å²) in [7, 11) is 0. The average molecular weight is 290 g/mol. The van der Waals surface area contributed by atoms with Gasteiger partial charge in [0.2, 0.25) is 5.13 Å². The molecular weight excluding hydrogens is 274 g/mol. The molecule has 5 heteroatoms.